The maximum atomic E-state index is 12.7. The summed E-state index contributed by atoms with van der Waals surface area (Å²) >= 11 is 0. The Hall–Kier alpha value is -2.52. The van der Waals surface area contributed by atoms with Crippen molar-refractivity contribution in [2.24, 2.45) is 5.92 Å². The third kappa shape index (κ3) is 2.95. The Morgan fingerprint density at radius 2 is 1.88 bits per heavy atom. The maximum absolute atomic E-state index is 12.7. The van der Waals surface area contributed by atoms with Gasteiger partial charge in [-0.15, -0.1) is 0 Å². The Balaban J connectivity index is 1.78. The van der Waals surface area contributed by atoms with E-state index in [1.54, 1.807) is 0 Å². The molecule has 2 aromatic carbocycles. The Morgan fingerprint density at radius 1 is 1.08 bits per heavy atom. The van der Waals surface area contributed by atoms with Gasteiger partial charge >= 0.3 is 0 Å². The first-order valence-corrected chi connectivity index (χ1v) is 8.50. The summed E-state index contributed by atoms with van der Waals surface area (Å²) in [5.74, 6) is 0.581. The zero-order valence-electron chi connectivity index (χ0n) is 13.5. The third-order valence-electron chi connectivity index (χ3n) is 4.72. The third-order valence-corrected chi connectivity index (χ3v) is 4.72. The van der Waals surface area contributed by atoms with Crippen molar-refractivity contribution in [3.05, 3.63) is 66.4 Å². The fourth-order valence-electron chi connectivity index (χ4n) is 3.43. The highest BCUT2D eigenvalue weighted by Gasteiger charge is 2.20. The second-order valence-corrected chi connectivity index (χ2v) is 6.42. The molecule has 1 unspecified atom stereocenters. The molecule has 1 aromatic heterocycles. The van der Waals surface area contributed by atoms with E-state index in [0.717, 1.165) is 41.5 Å². The lowest BCUT2D eigenvalue weighted by atomic mass is 9.96. The molecule has 1 atom stereocenters. The van der Waals surface area contributed by atoms with Gasteiger partial charge in [-0.2, -0.15) is 0 Å². The van der Waals surface area contributed by atoms with Crippen molar-refractivity contribution in [2.45, 2.75) is 12.8 Å². The molecule has 1 aliphatic heterocycles. The number of benzene rings is 2. The highest BCUT2D eigenvalue weighted by molar-refractivity contribution is 6.02. The van der Waals surface area contributed by atoms with Crippen LogP contribution in [-0.4, -0.2) is 23.9 Å². The maximum Gasteiger partial charge on any atom is 0.181 e. The van der Waals surface area contributed by atoms with Gasteiger partial charge in [-0.25, -0.2) is 4.98 Å². The largest absolute Gasteiger partial charge is 0.316 e. The number of nitrogens with one attached hydrogen (secondary N) is 1. The smallest absolute Gasteiger partial charge is 0.181 e. The summed E-state index contributed by atoms with van der Waals surface area (Å²) in [6, 6.07) is 20.2. The van der Waals surface area contributed by atoms with E-state index in [1.165, 1.54) is 0 Å². The molecule has 0 aliphatic carbocycles. The van der Waals surface area contributed by atoms with Gasteiger partial charge in [0, 0.05) is 11.8 Å². The first-order chi connectivity index (χ1) is 11.8. The van der Waals surface area contributed by atoms with Crippen LogP contribution < -0.4 is 5.32 Å². The van der Waals surface area contributed by atoms with Crippen molar-refractivity contribution in [3.63, 3.8) is 0 Å². The van der Waals surface area contributed by atoms with E-state index < -0.39 is 0 Å². The van der Waals surface area contributed by atoms with Crippen LogP contribution in [0.3, 0.4) is 0 Å². The Bertz CT molecular complexity index is 867. The molecule has 0 radical (unpaired) electrons. The monoisotopic (exact) mass is 316 g/mol. The average Bonchev–Trinajstić information content (AvgIpc) is 3.14. The van der Waals surface area contributed by atoms with Gasteiger partial charge in [-0.3, -0.25) is 4.79 Å². The number of hydrogen-bond donors (Lipinski definition) is 1. The molecule has 24 heavy (non-hydrogen) atoms. The minimum atomic E-state index is 0.145. The second-order valence-electron chi connectivity index (χ2n) is 6.42. The van der Waals surface area contributed by atoms with Crippen LogP contribution in [0.25, 0.3) is 22.0 Å². The Labute approximate surface area is 141 Å². The van der Waals surface area contributed by atoms with Gasteiger partial charge in [0.25, 0.3) is 0 Å². The lowest BCUT2D eigenvalue weighted by Crippen LogP contribution is -2.13. The molecule has 4 rings (SSSR count). The molecule has 120 valence electrons. The van der Waals surface area contributed by atoms with Crippen molar-refractivity contribution in [1.82, 2.24) is 10.3 Å². The zero-order valence-corrected chi connectivity index (χ0v) is 13.5. The van der Waals surface area contributed by atoms with E-state index in [0.29, 0.717) is 18.0 Å². The normalized spacial score (nSPS) is 17.2. The number of rotatable bonds is 4. The van der Waals surface area contributed by atoms with Gasteiger partial charge in [0.05, 0.1) is 5.52 Å². The molecule has 0 bridgehead atoms. The van der Waals surface area contributed by atoms with Crippen LogP contribution in [0.5, 0.6) is 0 Å². The molecular formula is C21H20N2O. The number of pyridine rings is 1. The lowest BCUT2D eigenvalue weighted by Gasteiger charge is -2.11. The molecule has 1 fully saturated rings. The average molecular weight is 316 g/mol. The molecule has 1 aliphatic rings. The van der Waals surface area contributed by atoms with Crippen molar-refractivity contribution in [2.75, 3.05) is 13.1 Å². The van der Waals surface area contributed by atoms with Crippen LogP contribution in [0, 0.1) is 5.92 Å². The van der Waals surface area contributed by atoms with Crippen LogP contribution in [-0.2, 0) is 0 Å². The van der Waals surface area contributed by atoms with Gasteiger partial charge in [-0.05, 0) is 48.7 Å². The topological polar surface area (TPSA) is 42.0 Å². The van der Waals surface area contributed by atoms with Crippen LogP contribution in [0.1, 0.15) is 23.3 Å². The number of carbonyl (C=O) groups is 1. The summed E-state index contributed by atoms with van der Waals surface area (Å²) in [6.07, 6.45) is 1.65. The van der Waals surface area contributed by atoms with Crippen LogP contribution in [0.15, 0.2) is 60.7 Å². The summed E-state index contributed by atoms with van der Waals surface area (Å²) in [5.41, 5.74) is 3.66. The number of hydrogen-bond acceptors (Lipinski definition) is 3. The van der Waals surface area contributed by atoms with E-state index in [-0.39, 0.29) is 5.78 Å². The van der Waals surface area contributed by atoms with Gasteiger partial charge in [0.2, 0.25) is 0 Å². The minimum Gasteiger partial charge on any atom is -0.316 e. The number of aromatic nitrogens is 1. The highest BCUT2D eigenvalue weighted by atomic mass is 16.1. The van der Waals surface area contributed by atoms with E-state index in [9.17, 15) is 4.79 Å². The molecule has 1 saturated heterocycles. The van der Waals surface area contributed by atoms with Crippen molar-refractivity contribution in [3.8, 4) is 11.1 Å². The second kappa shape index (κ2) is 6.54. The summed E-state index contributed by atoms with van der Waals surface area (Å²) in [6.45, 7) is 1.95. The van der Waals surface area contributed by atoms with Crippen molar-refractivity contribution >= 4 is 16.7 Å². The summed E-state index contributed by atoms with van der Waals surface area (Å²) in [7, 11) is 0. The lowest BCUT2D eigenvalue weighted by molar-refractivity contribution is 0.0960. The summed E-state index contributed by atoms with van der Waals surface area (Å²) < 4.78 is 0. The molecular weight excluding hydrogens is 296 g/mol. The number of Topliss-reactive ketones (excluding diaryl/α,β-unsaturated/α-hetero) is 1. The van der Waals surface area contributed by atoms with Crippen molar-refractivity contribution in [1.29, 1.82) is 0 Å². The first-order valence-electron chi connectivity index (χ1n) is 8.50. The Kier molecular flexibility index (Phi) is 4.09. The molecule has 3 heteroatoms. The van der Waals surface area contributed by atoms with E-state index in [2.05, 4.69) is 28.5 Å². The number of fused-ring (bicyclic) bond motifs is 1. The summed E-state index contributed by atoms with van der Waals surface area (Å²) in [5, 5.41) is 4.41. The van der Waals surface area contributed by atoms with Crippen LogP contribution in [0.2, 0.25) is 0 Å². The van der Waals surface area contributed by atoms with Gasteiger partial charge in [0.1, 0.15) is 5.69 Å². The SMILES string of the molecule is O=C(CC1CCNC1)c1cc(-c2ccccc2)c2ccccc2n1. The first kappa shape index (κ1) is 15.0. The molecule has 2 heterocycles. The van der Waals surface area contributed by atoms with Gasteiger partial charge < -0.3 is 5.32 Å². The molecule has 0 amide bonds. The number of ketones is 1. The van der Waals surface area contributed by atoms with Gasteiger partial charge in [-0.1, -0.05) is 48.5 Å². The standard InChI is InChI=1S/C21H20N2O/c24-21(12-15-10-11-22-14-15)20-13-18(16-6-2-1-3-7-16)17-8-4-5-9-19(17)23-20/h1-9,13,15,22H,10-12,14H2. The number of para-hydroxylation sites is 1. The molecule has 0 spiro atoms. The number of carbonyl (C=O) groups excluding carboxylic acids is 1. The quantitative estimate of drug-likeness (QED) is 0.737. The summed E-state index contributed by atoms with van der Waals surface area (Å²) in [4.78, 5) is 17.4. The Morgan fingerprint density at radius 3 is 2.67 bits per heavy atom. The fraction of sp³-hybridized carbons (Fsp3) is 0.238. The van der Waals surface area contributed by atoms with Crippen LogP contribution >= 0.6 is 0 Å². The van der Waals surface area contributed by atoms with Crippen LogP contribution in [0.4, 0.5) is 0 Å². The number of nitrogens with zero attached hydrogens (tertiary/aromatic N) is 1. The minimum absolute atomic E-state index is 0.145. The molecule has 3 aromatic rings. The molecule has 1 N–H and O–H groups in total. The highest BCUT2D eigenvalue weighted by Crippen LogP contribution is 2.29. The van der Waals surface area contributed by atoms with Crippen molar-refractivity contribution < 1.29 is 4.79 Å². The predicted octanol–water partition coefficient (Wildman–Crippen LogP) is 4.08. The van der Waals surface area contributed by atoms with E-state index in [1.807, 2.05) is 42.5 Å². The predicted molar refractivity (Wildman–Crippen MR) is 97.1 cm³/mol. The molecule has 0 saturated carbocycles. The fourth-order valence-corrected chi connectivity index (χ4v) is 3.43. The van der Waals surface area contributed by atoms with Gasteiger partial charge in [0.15, 0.2) is 5.78 Å². The molecule has 3 nitrogen and oxygen atoms in total. The van der Waals surface area contributed by atoms with E-state index in [4.69, 9.17) is 0 Å². The zero-order chi connectivity index (χ0) is 16.4. The van der Waals surface area contributed by atoms with E-state index >= 15 is 0 Å².